The molecule has 1 atom stereocenters. The van der Waals surface area contributed by atoms with E-state index in [1.165, 1.54) is 12.1 Å². The van der Waals surface area contributed by atoms with Crippen molar-refractivity contribution in [2.24, 2.45) is 0 Å². The number of benzene rings is 1. The highest BCUT2D eigenvalue weighted by atomic mass is 32.2. The summed E-state index contributed by atoms with van der Waals surface area (Å²) in [5.41, 5.74) is 0.262. The minimum atomic E-state index is -3.26. The summed E-state index contributed by atoms with van der Waals surface area (Å²) < 4.78 is 37.6. The number of rotatable bonds is 3. The van der Waals surface area contributed by atoms with E-state index in [1.54, 1.807) is 12.1 Å². The van der Waals surface area contributed by atoms with Gasteiger partial charge in [0.25, 0.3) is 0 Å². The minimum Gasteiger partial charge on any atom is -0.315 e. The average molecular weight is 257 g/mol. The van der Waals surface area contributed by atoms with Crippen LogP contribution < -0.4 is 5.32 Å². The third-order valence-electron chi connectivity index (χ3n) is 3.07. The van der Waals surface area contributed by atoms with Gasteiger partial charge in [-0.3, -0.25) is 0 Å². The number of sulfone groups is 1. The zero-order valence-electron chi connectivity index (χ0n) is 9.52. The van der Waals surface area contributed by atoms with Crippen molar-refractivity contribution in [3.05, 3.63) is 35.6 Å². The molecule has 1 N–H and O–H groups in total. The molecule has 1 heterocycles. The van der Waals surface area contributed by atoms with Crippen molar-refractivity contribution in [3.8, 4) is 0 Å². The van der Waals surface area contributed by atoms with Crippen molar-refractivity contribution >= 4 is 9.84 Å². The van der Waals surface area contributed by atoms with Crippen LogP contribution in [-0.2, 0) is 15.6 Å². The Hall–Kier alpha value is -0.940. The van der Waals surface area contributed by atoms with E-state index in [0.29, 0.717) is 13.0 Å². The third kappa shape index (κ3) is 3.04. The minimum absolute atomic E-state index is 0.202. The molecule has 1 aromatic carbocycles. The maximum absolute atomic E-state index is 13.4. The number of hydrogen-bond acceptors (Lipinski definition) is 3. The van der Waals surface area contributed by atoms with E-state index in [1.807, 2.05) is 0 Å². The van der Waals surface area contributed by atoms with Crippen molar-refractivity contribution in [1.29, 1.82) is 0 Å². The van der Waals surface area contributed by atoms with Gasteiger partial charge in [0, 0.05) is 12.1 Å². The van der Waals surface area contributed by atoms with Crippen LogP contribution in [0, 0.1) is 5.82 Å². The molecule has 1 fully saturated rings. The zero-order chi connectivity index (χ0) is 12.3. The van der Waals surface area contributed by atoms with Crippen LogP contribution in [0.15, 0.2) is 24.3 Å². The molecule has 0 amide bonds. The Morgan fingerprint density at radius 2 is 2.12 bits per heavy atom. The summed E-state index contributed by atoms with van der Waals surface area (Å²) in [4.78, 5) is 0. The summed E-state index contributed by atoms with van der Waals surface area (Å²) in [7, 11) is -3.26. The predicted octanol–water partition coefficient (Wildman–Crippen LogP) is 1.49. The summed E-state index contributed by atoms with van der Waals surface area (Å²) in [6.45, 7) is 1.35. The van der Waals surface area contributed by atoms with Gasteiger partial charge in [-0.25, -0.2) is 12.8 Å². The molecule has 0 aliphatic carbocycles. The smallest absolute Gasteiger partial charge is 0.158 e. The molecule has 0 bridgehead atoms. The average Bonchev–Trinajstić information content (AvgIpc) is 2.33. The molecule has 5 heteroatoms. The van der Waals surface area contributed by atoms with E-state index in [0.717, 1.165) is 13.0 Å². The quantitative estimate of drug-likeness (QED) is 0.892. The van der Waals surface area contributed by atoms with Crippen LogP contribution >= 0.6 is 0 Å². The Morgan fingerprint density at radius 3 is 2.76 bits per heavy atom. The van der Waals surface area contributed by atoms with Gasteiger partial charge in [-0.1, -0.05) is 18.2 Å². The molecule has 3 nitrogen and oxygen atoms in total. The van der Waals surface area contributed by atoms with E-state index in [9.17, 15) is 12.8 Å². The van der Waals surface area contributed by atoms with Gasteiger partial charge in [-0.05, 0) is 25.5 Å². The zero-order valence-corrected chi connectivity index (χ0v) is 10.3. The van der Waals surface area contributed by atoms with Crippen molar-refractivity contribution in [1.82, 2.24) is 5.32 Å². The molecule has 1 aromatic rings. The lowest BCUT2D eigenvalue weighted by molar-refractivity contribution is 0.495. The van der Waals surface area contributed by atoms with Crippen LogP contribution in [0.2, 0.25) is 0 Å². The monoisotopic (exact) mass is 257 g/mol. The lowest BCUT2D eigenvalue weighted by atomic mass is 10.2. The topological polar surface area (TPSA) is 46.2 Å². The first-order chi connectivity index (χ1) is 8.09. The SMILES string of the molecule is O=S(=O)(Cc1ccccc1F)C1CCCNC1. The Kier molecular flexibility index (Phi) is 3.79. The van der Waals surface area contributed by atoms with Gasteiger partial charge >= 0.3 is 0 Å². The molecule has 0 saturated carbocycles. The molecule has 1 saturated heterocycles. The maximum atomic E-state index is 13.4. The summed E-state index contributed by atoms with van der Waals surface area (Å²) in [5, 5.41) is 2.69. The predicted molar refractivity (Wildman–Crippen MR) is 64.9 cm³/mol. The number of piperidine rings is 1. The molecule has 1 aliphatic heterocycles. The van der Waals surface area contributed by atoms with Gasteiger partial charge in [-0.2, -0.15) is 0 Å². The molecular weight excluding hydrogens is 241 g/mol. The summed E-state index contributed by atoms with van der Waals surface area (Å²) >= 11 is 0. The second-order valence-corrected chi connectivity index (χ2v) is 6.65. The number of nitrogens with one attached hydrogen (secondary N) is 1. The molecule has 94 valence electrons. The molecule has 0 spiro atoms. The van der Waals surface area contributed by atoms with Crippen LogP contribution in [0.1, 0.15) is 18.4 Å². The van der Waals surface area contributed by atoms with E-state index in [-0.39, 0.29) is 16.6 Å². The lowest BCUT2D eigenvalue weighted by Gasteiger charge is -2.22. The first-order valence-corrected chi connectivity index (χ1v) is 7.47. The fraction of sp³-hybridized carbons (Fsp3) is 0.500. The summed E-state index contributed by atoms with van der Waals surface area (Å²) in [5.74, 6) is -0.647. The standard InChI is InChI=1S/C12H16FNO2S/c13-12-6-2-1-4-10(12)9-17(15,16)11-5-3-7-14-8-11/h1-2,4,6,11,14H,3,5,7-9H2. The van der Waals surface area contributed by atoms with Crippen LogP contribution in [-0.4, -0.2) is 26.8 Å². The highest BCUT2D eigenvalue weighted by molar-refractivity contribution is 7.91. The Morgan fingerprint density at radius 1 is 1.35 bits per heavy atom. The second-order valence-electron chi connectivity index (χ2n) is 4.37. The van der Waals surface area contributed by atoms with E-state index in [2.05, 4.69) is 5.32 Å². The summed E-state index contributed by atoms with van der Waals surface area (Å²) in [6.07, 6.45) is 1.53. The van der Waals surface area contributed by atoms with Gasteiger partial charge in [0.05, 0.1) is 11.0 Å². The van der Waals surface area contributed by atoms with Gasteiger partial charge < -0.3 is 5.32 Å². The van der Waals surface area contributed by atoms with Crippen LogP contribution in [0.3, 0.4) is 0 Å². The Labute approximate surface area is 101 Å². The normalized spacial score (nSPS) is 21.4. The van der Waals surface area contributed by atoms with Gasteiger partial charge in [-0.15, -0.1) is 0 Å². The fourth-order valence-corrected chi connectivity index (χ4v) is 3.88. The largest absolute Gasteiger partial charge is 0.315 e. The summed E-state index contributed by atoms with van der Waals surface area (Å²) in [6, 6.07) is 6.05. The van der Waals surface area contributed by atoms with E-state index < -0.39 is 15.7 Å². The van der Waals surface area contributed by atoms with Gasteiger partial charge in [0.2, 0.25) is 0 Å². The first-order valence-electron chi connectivity index (χ1n) is 5.75. The van der Waals surface area contributed by atoms with Crippen molar-refractivity contribution in [2.75, 3.05) is 13.1 Å². The molecule has 1 aliphatic rings. The molecular formula is C12H16FNO2S. The molecule has 1 unspecified atom stereocenters. The Bertz CT molecular complexity index is 481. The molecule has 0 aromatic heterocycles. The van der Waals surface area contributed by atoms with Gasteiger partial charge in [0.15, 0.2) is 9.84 Å². The van der Waals surface area contributed by atoms with Crippen LogP contribution in [0.25, 0.3) is 0 Å². The molecule has 2 rings (SSSR count). The second kappa shape index (κ2) is 5.14. The van der Waals surface area contributed by atoms with Crippen LogP contribution in [0.5, 0.6) is 0 Å². The highest BCUT2D eigenvalue weighted by Gasteiger charge is 2.27. The maximum Gasteiger partial charge on any atom is 0.158 e. The van der Waals surface area contributed by atoms with Crippen LogP contribution in [0.4, 0.5) is 4.39 Å². The number of hydrogen-bond donors (Lipinski definition) is 1. The molecule has 0 radical (unpaired) electrons. The Balaban J connectivity index is 2.14. The molecule has 17 heavy (non-hydrogen) atoms. The lowest BCUT2D eigenvalue weighted by Crippen LogP contribution is -2.39. The van der Waals surface area contributed by atoms with Crippen molar-refractivity contribution in [3.63, 3.8) is 0 Å². The third-order valence-corrected chi connectivity index (χ3v) is 5.21. The van der Waals surface area contributed by atoms with Crippen molar-refractivity contribution in [2.45, 2.75) is 23.8 Å². The highest BCUT2D eigenvalue weighted by Crippen LogP contribution is 2.18. The fourth-order valence-electron chi connectivity index (χ4n) is 2.08. The van der Waals surface area contributed by atoms with E-state index >= 15 is 0 Å². The van der Waals surface area contributed by atoms with Crippen molar-refractivity contribution < 1.29 is 12.8 Å². The van der Waals surface area contributed by atoms with Gasteiger partial charge in [0.1, 0.15) is 5.82 Å². The van der Waals surface area contributed by atoms with E-state index in [4.69, 9.17) is 0 Å². The number of halogens is 1. The first kappa shape index (κ1) is 12.5.